The number of guanidine groups is 1. The van der Waals surface area contributed by atoms with E-state index in [0.29, 0.717) is 25.3 Å². The van der Waals surface area contributed by atoms with Crippen molar-refractivity contribution in [2.45, 2.75) is 25.7 Å². The van der Waals surface area contributed by atoms with Crippen LogP contribution in [0, 0.1) is 5.92 Å². The molecule has 5 nitrogen and oxygen atoms in total. The van der Waals surface area contributed by atoms with Gasteiger partial charge in [-0.2, -0.15) is 0 Å². The largest absolute Gasteiger partial charge is 0.370 e. The van der Waals surface area contributed by atoms with E-state index in [1.165, 1.54) is 0 Å². The summed E-state index contributed by atoms with van der Waals surface area (Å²) >= 11 is 0. The van der Waals surface area contributed by atoms with E-state index in [2.05, 4.69) is 15.2 Å². The molecule has 112 valence electrons. The number of alkyl halides is 1. The van der Waals surface area contributed by atoms with Gasteiger partial charge in [-0.3, -0.25) is 14.2 Å². The third kappa shape index (κ3) is 6.93. The standard InChI is InChI=1S/C12H23FN4O.HI/c1-15-12(16-6-3-5-13)17-7-2-4-10(9-17)8-11(14)18;/h10H,2-9H2,1H3,(H2,14,18)(H,15,16);1H. The molecule has 1 fully saturated rings. The Kier molecular flexibility index (Phi) is 9.90. The van der Waals surface area contributed by atoms with Crippen LogP contribution in [0.3, 0.4) is 0 Å². The maximum Gasteiger partial charge on any atom is 0.217 e. The van der Waals surface area contributed by atoms with Gasteiger partial charge in [0.2, 0.25) is 5.91 Å². The second-order valence-electron chi connectivity index (χ2n) is 4.64. The molecule has 0 aromatic rings. The maximum atomic E-state index is 12.1. The van der Waals surface area contributed by atoms with Gasteiger partial charge in [0.25, 0.3) is 0 Å². The average Bonchev–Trinajstić information content (AvgIpc) is 2.34. The molecule has 1 unspecified atom stereocenters. The normalized spacial score (nSPS) is 19.8. The van der Waals surface area contributed by atoms with Gasteiger partial charge in [-0.15, -0.1) is 24.0 Å². The van der Waals surface area contributed by atoms with E-state index in [1.807, 2.05) is 0 Å². The van der Waals surface area contributed by atoms with Gasteiger partial charge in [0.05, 0.1) is 6.67 Å². The van der Waals surface area contributed by atoms with Gasteiger partial charge < -0.3 is 16.0 Å². The number of hydrogen-bond donors (Lipinski definition) is 2. The van der Waals surface area contributed by atoms with Crippen molar-refractivity contribution in [3.63, 3.8) is 0 Å². The summed E-state index contributed by atoms with van der Waals surface area (Å²) in [5, 5.41) is 3.13. The zero-order chi connectivity index (χ0) is 13.4. The van der Waals surface area contributed by atoms with E-state index < -0.39 is 0 Å². The van der Waals surface area contributed by atoms with E-state index >= 15 is 0 Å². The fourth-order valence-corrected chi connectivity index (χ4v) is 2.31. The molecule has 7 heteroatoms. The lowest BCUT2D eigenvalue weighted by molar-refractivity contribution is -0.119. The van der Waals surface area contributed by atoms with Crippen molar-refractivity contribution < 1.29 is 9.18 Å². The second kappa shape index (κ2) is 10.2. The highest BCUT2D eigenvalue weighted by molar-refractivity contribution is 14.0. The number of piperidine rings is 1. The fourth-order valence-electron chi connectivity index (χ4n) is 2.31. The third-order valence-corrected chi connectivity index (χ3v) is 3.11. The fraction of sp³-hybridized carbons (Fsp3) is 0.833. The molecule has 1 saturated heterocycles. The summed E-state index contributed by atoms with van der Waals surface area (Å²) in [6, 6.07) is 0. The van der Waals surface area contributed by atoms with E-state index in [-0.39, 0.29) is 36.6 Å². The Hall–Kier alpha value is -0.600. The highest BCUT2D eigenvalue weighted by Crippen LogP contribution is 2.19. The smallest absolute Gasteiger partial charge is 0.217 e. The molecule has 1 aliphatic heterocycles. The monoisotopic (exact) mass is 386 g/mol. The van der Waals surface area contributed by atoms with Crippen LogP contribution in [0.2, 0.25) is 0 Å². The number of hydrogen-bond acceptors (Lipinski definition) is 2. The number of rotatable bonds is 5. The number of carbonyl (C=O) groups is 1. The summed E-state index contributed by atoms with van der Waals surface area (Å²) in [6.07, 6.45) is 2.97. The molecule has 0 radical (unpaired) electrons. The van der Waals surface area contributed by atoms with Gasteiger partial charge in [0.15, 0.2) is 5.96 Å². The lowest BCUT2D eigenvalue weighted by Crippen LogP contribution is -2.47. The van der Waals surface area contributed by atoms with Crippen LogP contribution in [0.25, 0.3) is 0 Å². The number of likely N-dealkylation sites (tertiary alicyclic amines) is 1. The van der Waals surface area contributed by atoms with Gasteiger partial charge >= 0.3 is 0 Å². The predicted octanol–water partition coefficient (Wildman–Crippen LogP) is 1.13. The maximum absolute atomic E-state index is 12.1. The van der Waals surface area contributed by atoms with Crippen molar-refractivity contribution in [3.8, 4) is 0 Å². The zero-order valence-corrected chi connectivity index (χ0v) is 13.7. The number of primary amides is 1. The van der Waals surface area contributed by atoms with Crippen molar-refractivity contribution in [3.05, 3.63) is 0 Å². The van der Waals surface area contributed by atoms with Crippen LogP contribution in [-0.2, 0) is 4.79 Å². The Morgan fingerprint density at radius 1 is 1.58 bits per heavy atom. The number of amides is 1. The molecule has 0 aromatic carbocycles. The summed E-state index contributed by atoms with van der Waals surface area (Å²) in [4.78, 5) is 17.3. The van der Waals surface area contributed by atoms with Gasteiger partial charge in [0, 0.05) is 33.1 Å². The first-order chi connectivity index (χ1) is 8.67. The molecule has 1 aliphatic rings. The van der Waals surface area contributed by atoms with Crippen LogP contribution in [0.15, 0.2) is 4.99 Å². The molecule has 1 amide bonds. The summed E-state index contributed by atoms with van der Waals surface area (Å²) in [6.45, 7) is 1.97. The van der Waals surface area contributed by atoms with Crippen LogP contribution in [-0.4, -0.2) is 50.1 Å². The van der Waals surface area contributed by atoms with E-state index in [9.17, 15) is 9.18 Å². The van der Waals surface area contributed by atoms with Crippen LogP contribution in [0.1, 0.15) is 25.7 Å². The molecule has 0 bridgehead atoms. The molecule has 3 N–H and O–H groups in total. The van der Waals surface area contributed by atoms with Crippen molar-refractivity contribution in [2.75, 3.05) is 33.4 Å². The summed E-state index contributed by atoms with van der Waals surface area (Å²) in [5.41, 5.74) is 5.23. The number of nitrogens with two attached hydrogens (primary N) is 1. The van der Waals surface area contributed by atoms with Crippen molar-refractivity contribution >= 4 is 35.8 Å². The quantitative estimate of drug-likeness (QED) is 0.322. The summed E-state index contributed by atoms with van der Waals surface area (Å²) in [5.74, 6) is 0.843. The van der Waals surface area contributed by atoms with Gasteiger partial charge in [-0.25, -0.2) is 0 Å². The molecule has 1 rings (SSSR count). The average molecular weight is 386 g/mol. The first kappa shape index (κ1) is 18.4. The molecule has 0 saturated carbocycles. The predicted molar refractivity (Wildman–Crippen MR) is 85.5 cm³/mol. The minimum atomic E-state index is -0.325. The van der Waals surface area contributed by atoms with Crippen molar-refractivity contribution in [1.29, 1.82) is 0 Å². The number of nitrogens with one attached hydrogen (secondary N) is 1. The van der Waals surface area contributed by atoms with Crippen LogP contribution in [0.4, 0.5) is 4.39 Å². The number of carbonyl (C=O) groups excluding carboxylic acids is 1. The van der Waals surface area contributed by atoms with Crippen LogP contribution >= 0.6 is 24.0 Å². The van der Waals surface area contributed by atoms with Crippen LogP contribution in [0.5, 0.6) is 0 Å². The minimum absolute atomic E-state index is 0. The van der Waals surface area contributed by atoms with Gasteiger partial charge in [-0.05, 0) is 25.2 Å². The Bertz CT molecular complexity index is 301. The highest BCUT2D eigenvalue weighted by atomic mass is 127. The highest BCUT2D eigenvalue weighted by Gasteiger charge is 2.23. The topological polar surface area (TPSA) is 70.7 Å². The van der Waals surface area contributed by atoms with E-state index in [1.54, 1.807) is 7.05 Å². The molecule has 0 spiro atoms. The number of halogens is 2. The first-order valence-corrected chi connectivity index (χ1v) is 6.47. The summed E-state index contributed by atoms with van der Waals surface area (Å²) in [7, 11) is 1.72. The third-order valence-electron chi connectivity index (χ3n) is 3.11. The van der Waals surface area contributed by atoms with Gasteiger partial charge in [0.1, 0.15) is 0 Å². The number of aliphatic imine (C=N–C) groups is 1. The first-order valence-electron chi connectivity index (χ1n) is 6.47. The van der Waals surface area contributed by atoms with Gasteiger partial charge in [-0.1, -0.05) is 0 Å². The SMILES string of the molecule is CN=C(NCCCF)N1CCCC(CC(N)=O)C1.I. The lowest BCUT2D eigenvalue weighted by Gasteiger charge is -2.34. The van der Waals surface area contributed by atoms with E-state index in [4.69, 9.17) is 5.73 Å². The molecular formula is C12H24FIN4O. The molecule has 0 aromatic heterocycles. The lowest BCUT2D eigenvalue weighted by atomic mass is 9.95. The molecular weight excluding hydrogens is 362 g/mol. The Morgan fingerprint density at radius 3 is 2.89 bits per heavy atom. The Labute approximate surface area is 131 Å². The Morgan fingerprint density at radius 2 is 2.32 bits per heavy atom. The molecule has 1 heterocycles. The Balaban J connectivity index is 0.00000324. The summed E-state index contributed by atoms with van der Waals surface area (Å²) < 4.78 is 12.1. The zero-order valence-electron chi connectivity index (χ0n) is 11.4. The second-order valence-corrected chi connectivity index (χ2v) is 4.64. The van der Waals surface area contributed by atoms with Crippen LogP contribution < -0.4 is 11.1 Å². The molecule has 0 aliphatic carbocycles. The molecule has 19 heavy (non-hydrogen) atoms. The van der Waals surface area contributed by atoms with Crippen molar-refractivity contribution in [1.82, 2.24) is 10.2 Å². The van der Waals surface area contributed by atoms with Crippen molar-refractivity contribution in [2.24, 2.45) is 16.6 Å². The minimum Gasteiger partial charge on any atom is -0.370 e. The molecule has 1 atom stereocenters. The van der Waals surface area contributed by atoms with E-state index in [0.717, 1.165) is 31.9 Å². The number of nitrogens with zero attached hydrogens (tertiary/aromatic N) is 2.